The normalized spacial score (nSPS) is 12.4. The molecule has 2 rings (SSSR count). The SMILES string of the molecule is COc1csc(C(N)Cc2cccc(F)c2Br)c1. The predicted octanol–water partition coefficient (Wildman–Crippen LogP) is 3.90. The summed E-state index contributed by atoms with van der Waals surface area (Å²) < 4.78 is 19.0. The van der Waals surface area contributed by atoms with E-state index in [0.717, 1.165) is 16.2 Å². The minimum absolute atomic E-state index is 0.156. The van der Waals surface area contributed by atoms with E-state index in [-0.39, 0.29) is 11.9 Å². The summed E-state index contributed by atoms with van der Waals surface area (Å²) in [5, 5.41) is 1.91. The van der Waals surface area contributed by atoms with Crippen molar-refractivity contribution in [1.82, 2.24) is 0 Å². The van der Waals surface area contributed by atoms with Crippen molar-refractivity contribution in [3.8, 4) is 5.75 Å². The molecule has 0 aliphatic carbocycles. The Morgan fingerprint density at radius 3 is 2.94 bits per heavy atom. The van der Waals surface area contributed by atoms with E-state index < -0.39 is 0 Å². The van der Waals surface area contributed by atoms with Crippen LogP contribution in [0.4, 0.5) is 4.39 Å². The predicted molar refractivity (Wildman–Crippen MR) is 75.6 cm³/mol. The van der Waals surface area contributed by atoms with Gasteiger partial charge in [0.05, 0.1) is 11.6 Å². The zero-order chi connectivity index (χ0) is 13.1. The number of benzene rings is 1. The van der Waals surface area contributed by atoms with Crippen LogP contribution in [0.5, 0.6) is 5.75 Å². The summed E-state index contributed by atoms with van der Waals surface area (Å²) in [4.78, 5) is 1.03. The first-order valence-electron chi connectivity index (χ1n) is 5.42. The van der Waals surface area contributed by atoms with Gasteiger partial charge in [-0.1, -0.05) is 12.1 Å². The van der Waals surface area contributed by atoms with Crippen LogP contribution in [0.15, 0.2) is 34.1 Å². The molecule has 0 spiro atoms. The quantitative estimate of drug-likeness (QED) is 0.923. The molecule has 0 aliphatic rings. The molecule has 0 saturated heterocycles. The van der Waals surface area contributed by atoms with E-state index in [1.54, 1.807) is 24.5 Å². The molecule has 18 heavy (non-hydrogen) atoms. The van der Waals surface area contributed by atoms with E-state index in [1.165, 1.54) is 6.07 Å². The van der Waals surface area contributed by atoms with Gasteiger partial charge in [0.2, 0.25) is 0 Å². The third-order valence-electron chi connectivity index (χ3n) is 2.67. The van der Waals surface area contributed by atoms with Gasteiger partial charge in [-0.3, -0.25) is 0 Å². The molecule has 0 amide bonds. The molecule has 0 bridgehead atoms. The van der Waals surface area contributed by atoms with Crippen LogP contribution in [0, 0.1) is 5.82 Å². The average Bonchev–Trinajstić information content (AvgIpc) is 2.83. The Labute approximate surface area is 118 Å². The van der Waals surface area contributed by atoms with Gasteiger partial charge < -0.3 is 10.5 Å². The first-order chi connectivity index (χ1) is 8.61. The molecule has 2 aromatic rings. The summed E-state index contributed by atoms with van der Waals surface area (Å²) >= 11 is 4.80. The van der Waals surface area contributed by atoms with Crippen molar-refractivity contribution in [2.45, 2.75) is 12.5 Å². The molecule has 0 saturated carbocycles. The fourth-order valence-electron chi connectivity index (χ4n) is 1.68. The summed E-state index contributed by atoms with van der Waals surface area (Å²) in [5.74, 6) is 0.548. The van der Waals surface area contributed by atoms with Crippen LogP contribution in [-0.4, -0.2) is 7.11 Å². The smallest absolute Gasteiger partial charge is 0.137 e. The lowest BCUT2D eigenvalue weighted by atomic mass is 10.1. The van der Waals surface area contributed by atoms with Crippen LogP contribution < -0.4 is 10.5 Å². The van der Waals surface area contributed by atoms with Crippen molar-refractivity contribution in [1.29, 1.82) is 0 Å². The van der Waals surface area contributed by atoms with Gasteiger partial charge in [0.25, 0.3) is 0 Å². The second kappa shape index (κ2) is 5.82. The molecule has 0 fully saturated rings. The fraction of sp³-hybridized carbons (Fsp3) is 0.231. The van der Waals surface area contributed by atoms with Crippen LogP contribution in [0.2, 0.25) is 0 Å². The number of nitrogens with two attached hydrogens (primary N) is 1. The number of ether oxygens (including phenoxy) is 1. The van der Waals surface area contributed by atoms with Crippen LogP contribution in [-0.2, 0) is 6.42 Å². The van der Waals surface area contributed by atoms with Crippen LogP contribution >= 0.6 is 27.3 Å². The Bertz CT molecular complexity index is 544. The zero-order valence-corrected chi connectivity index (χ0v) is 12.2. The second-order valence-electron chi connectivity index (χ2n) is 3.91. The highest BCUT2D eigenvalue weighted by molar-refractivity contribution is 9.10. The number of rotatable bonds is 4. The molecule has 2 N–H and O–H groups in total. The van der Waals surface area contributed by atoms with Gasteiger partial charge in [0.15, 0.2) is 0 Å². The van der Waals surface area contributed by atoms with Crippen molar-refractivity contribution in [2.24, 2.45) is 5.73 Å². The van der Waals surface area contributed by atoms with Gasteiger partial charge in [-0.25, -0.2) is 4.39 Å². The van der Waals surface area contributed by atoms with Gasteiger partial charge in [-0.2, -0.15) is 0 Å². The van der Waals surface area contributed by atoms with E-state index in [9.17, 15) is 4.39 Å². The molecule has 5 heteroatoms. The maximum Gasteiger partial charge on any atom is 0.137 e. The molecular weight excluding hydrogens is 317 g/mol. The highest BCUT2D eigenvalue weighted by Crippen LogP contribution is 2.30. The first-order valence-corrected chi connectivity index (χ1v) is 7.10. The van der Waals surface area contributed by atoms with Crippen molar-refractivity contribution in [3.63, 3.8) is 0 Å². The second-order valence-corrected chi connectivity index (χ2v) is 5.65. The van der Waals surface area contributed by atoms with E-state index in [4.69, 9.17) is 10.5 Å². The molecule has 1 atom stereocenters. The monoisotopic (exact) mass is 329 g/mol. The number of methoxy groups -OCH3 is 1. The Balaban J connectivity index is 2.15. The Kier molecular flexibility index (Phi) is 4.37. The number of hydrogen-bond acceptors (Lipinski definition) is 3. The molecule has 2 nitrogen and oxygen atoms in total. The molecule has 0 aliphatic heterocycles. The lowest BCUT2D eigenvalue weighted by molar-refractivity contribution is 0.416. The van der Waals surface area contributed by atoms with E-state index in [2.05, 4.69) is 15.9 Å². The van der Waals surface area contributed by atoms with Crippen LogP contribution in [0.1, 0.15) is 16.5 Å². The minimum Gasteiger partial charge on any atom is -0.496 e. The summed E-state index contributed by atoms with van der Waals surface area (Å²) in [7, 11) is 1.63. The van der Waals surface area contributed by atoms with E-state index >= 15 is 0 Å². The maximum absolute atomic E-state index is 13.4. The molecule has 1 aromatic carbocycles. The van der Waals surface area contributed by atoms with Gasteiger partial charge in [-0.15, -0.1) is 11.3 Å². The third kappa shape index (κ3) is 2.91. The summed E-state index contributed by atoms with van der Waals surface area (Å²) in [6.45, 7) is 0. The molecule has 1 unspecified atom stereocenters. The first kappa shape index (κ1) is 13.5. The lowest BCUT2D eigenvalue weighted by Crippen LogP contribution is -2.12. The topological polar surface area (TPSA) is 35.2 Å². The maximum atomic E-state index is 13.4. The molecule has 0 radical (unpaired) electrons. The Morgan fingerprint density at radius 2 is 2.28 bits per heavy atom. The van der Waals surface area contributed by atoms with Gasteiger partial charge in [0, 0.05) is 16.3 Å². The number of thiophene rings is 1. The number of halogens is 2. The zero-order valence-electron chi connectivity index (χ0n) is 9.82. The van der Waals surface area contributed by atoms with Gasteiger partial charge in [-0.05, 0) is 40.0 Å². The molecule has 1 aromatic heterocycles. The van der Waals surface area contributed by atoms with Crippen molar-refractivity contribution >= 4 is 27.3 Å². The summed E-state index contributed by atoms with van der Waals surface area (Å²) in [6.07, 6.45) is 0.585. The van der Waals surface area contributed by atoms with Crippen LogP contribution in [0.3, 0.4) is 0 Å². The highest BCUT2D eigenvalue weighted by Gasteiger charge is 2.13. The van der Waals surface area contributed by atoms with E-state index in [1.807, 2.05) is 17.5 Å². The summed E-state index contributed by atoms with van der Waals surface area (Å²) in [6, 6.07) is 6.75. The fourth-order valence-corrected chi connectivity index (χ4v) is 2.96. The van der Waals surface area contributed by atoms with Crippen molar-refractivity contribution < 1.29 is 9.13 Å². The summed E-state index contributed by atoms with van der Waals surface area (Å²) in [5.41, 5.74) is 7.00. The largest absolute Gasteiger partial charge is 0.496 e. The highest BCUT2D eigenvalue weighted by atomic mass is 79.9. The van der Waals surface area contributed by atoms with Crippen molar-refractivity contribution in [3.05, 3.63) is 50.4 Å². The Hall–Kier alpha value is -0.910. The molecular formula is C13H13BrFNOS. The Morgan fingerprint density at radius 1 is 1.50 bits per heavy atom. The standard InChI is InChI=1S/C13H13BrFNOS/c1-17-9-6-12(18-7-9)11(16)5-8-3-2-4-10(15)13(8)14/h2-4,6-7,11H,5,16H2,1H3. The molecule has 1 heterocycles. The van der Waals surface area contributed by atoms with Gasteiger partial charge in [0.1, 0.15) is 11.6 Å². The minimum atomic E-state index is -0.261. The van der Waals surface area contributed by atoms with Crippen LogP contribution in [0.25, 0.3) is 0 Å². The average molecular weight is 330 g/mol. The lowest BCUT2D eigenvalue weighted by Gasteiger charge is -2.11. The van der Waals surface area contributed by atoms with Crippen molar-refractivity contribution in [2.75, 3.05) is 7.11 Å². The molecule has 96 valence electrons. The van der Waals surface area contributed by atoms with Gasteiger partial charge >= 0.3 is 0 Å². The van der Waals surface area contributed by atoms with E-state index in [0.29, 0.717) is 10.9 Å². The number of hydrogen-bond donors (Lipinski definition) is 1. The third-order valence-corrected chi connectivity index (χ3v) is 4.60.